The summed E-state index contributed by atoms with van der Waals surface area (Å²) in [7, 11) is 0. The van der Waals surface area contributed by atoms with Crippen LogP contribution in [0.15, 0.2) is 41.2 Å². The minimum atomic E-state index is -4.53. The summed E-state index contributed by atoms with van der Waals surface area (Å²) in [5.74, 6) is -1.63. The molecule has 0 aliphatic heterocycles. The second kappa shape index (κ2) is 8.51. The lowest BCUT2D eigenvalue weighted by atomic mass is 10.1. The second-order valence-corrected chi connectivity index (χ2v) is 7.69. The van der Waals surface area contributed by atoms with Crippen LogP contribution in [0.25, 0.3) is 16.7 Å². The smallest absolute Gasteiger partial charge is 0.416 e. The van der Waals surface area contributed by atoms with Crippen molar-refractivity contribution in [2.45, 2.75) is 33.5 Å². The van der Waals surface area contributed by atoms with Gasteiger partial charge in [-0.2, -0.15) is 13.2 Å². The van der Waals surface area contributed by atoms with E-state index in [9.17, 15) is 27.6 Å². The molecular formula is C24H21F3N2O5. The van der Waals surface area contributed by atoms with Gasteiger partial charge in [-0.05, 0) is 50.1 Å². The molecule has 0 fully saturated rings. The first-order valence-corrected chi connectivity index (χ1v) is 10.6. The summed E-state index contributed by atoms with van der Waals surface area (Å²) >= 11 is 0. The van der Waals surface area contributed by atoms with Gasteiger partial charge in [0.1, 0.15) is 22.3 Å². The van der Waals surface area contributed by atoms with Crippen molar-refractivity contribution in [2.24, 2.45) is 0 Å². The number of nitrogens with zero attached hydrogens (tertiary/aromatic N) is 2. The Morgan fingerprint density at radius 2 is 1.62 bits per heavy atom. The molecular weight excluding hydrogens is 453 g/mol. The number of halogens is 3. The van der Waals surface area contributed by atoms with Crippen LogP contribution in [-0.2, 0) is 22.2 Å². The molecule has 4 rings (SSSR count). The van der Waals surface area contributed by atoms with Crippen LogP contribution in [0.3, 0.4) is 0 Å². The third kappa shape index (κ3) is 3.68. The van der Waals surface area contributed by atoms with Gasteiger partial charge in [0.25, 0.3) is 5.56 Å². The maximum atomic E-state index is 13.6. The van der Waals surface area contributed by atoms with Crippen LogP contribution in [0.2, 0.25) is 0 Å². The largest absolute Gasteiger partial charge is 0.462 e. The highest BCUT2D eigenvalue weighted by molar-refractivity contribution is 6.14. The van der Waals surface area contributed by atoms with Crippen LogP contribution in [0.5, 0.6) is 0 Å². The molecule has 178 valence electrons. The fourth-order valence-corrected chi connectivity index (χ4v) is 4.17. The molecule has 0 aliphatic carbocycles. The summed E-state index contributed by atoms with van der Waals surface area (Å²) in [6, 6.07) is 7.96. The Kier molecular flexibility index (Phi) is 5.84. The molecule has 0 N–H and O–H groups in total. The fourth-order valence-electron chi connectivity index (χ4n) is 4.17. The first kappa shape index (κ1) is 23.3. The summed E-state index contributed by atoms with van der Waals surface area (Å²) < 4.78 is 52.6. The highest BCUT2D eigenvalue weighted by atomic mass is 19.4. The van der Waals surface area contributed by atoms with E-state index in [1.165, 1.54) is 21.1 Å². The third-order valence-electron chi connectivity index (χ3n) is 5.52. The number of esters is 2. The molecule has 0 amide bonds. The summed E-state index contributed by atoms with van der Waals surface area (Å²) in [5, 5.41) is 0. The number of pyridine rings is 1. The van der Waals surface area contributed by atoms with Crippen molar-refractivity contribution in [1.82, 2.24) is 8.97 Å². The summed E-state index contributed by atoms with van der Waals surface area (Å²) in [4.78, 5) is 39.2. The number of hydrogen-bond donors (Lipinski definition) is 0. The maximum Gasteiger partial charge on any atom is 0.416 e. The SMILES string of the molecule is CCOC(=O)c1c(C(=O)OCC)c2c(=O)n(Cc3cccc(C(F)(F)F)c3)c3c(C)ccc1n23. The lowest BCUT2D eigenvalue weighted by Gasteiger charge is -2.11. The number of ether oxygens (including phenoxy) is 2. The number of aromatic nitrogens is 2. The Balaban J connectivity index is 2.01. The minimum absolute atomic E-state index is 0.0146. The number of hydrogen-bond acceptors (Lipinski definition) is 5. The predicted octanol–water partition coefficient (Wildman–Crippen LogP) is 4.42. The number of carbonyl (C=O) groups is 2. The number of imidazole rings is 1. The molecule has 4 aromatic rings. The van der Waals surface area contributed by atoms with Crippen molar-refractivity contribution in [1.29, 1.82) is 0 Å². The molecule has 0 atom stereocenters. The van der Waals surface area contributed by atoms with Gasteiger partial charge in [0, 0.05) is 0 Å². The van der Waals surface area contributed by atoms with E-state index >= 15 is 0 Å². The van der Waals surface area contributed by atoms with Gasteiger partial charge < -0.3 is 9.47 Å². The molecule has 0 aliphatic rings. The van der Waals surface area contributed by atoms with Crippen molar-refractivity contribution in [3.63, 3.8) is 0 Å². The van der Waals surface area contributed by atoms with Crippen LogP contribution in [-0.4, -0.2) is 34.1 Å². The molecule has 1 aromatic carbocycles. The molecule has 0 saturated carbocycles. The van der Waals surface area contributed by atoms with Crippen molar-refractivity contribution in [3.8, 4) is 0 Å². The highest BCUT2D eigenvalue weighted by Crippen LogP contribution is 2.32. The topological polar surface area (TPSA) is 79.0 Å². The van der Waals surface area contributed by atoms with E-state index in [-0.39, 0.29) is 47.5 Å². The van der Waals surface area contributed by atoms with Crippen LogP contribution < -0.4 is 5.56 Å². The number of benzene rings is 1. The Labute approximate surface area is 191 Å². The zero-order valence-corrected chi connectivity index (χ0v) is 18.7. The Hall–Kier alpha value is -3.82. The standard InChI is InChI=1S/C24H21F3N2O5/c1-4-33-22(31)17-16-10-9-13(3)20-28(12-14-7-6-8-15(11-14)24(25,26)27)21(30)19(29(16)20)18(17)23(32)34-5-2/h6-11H,4-5,12H2,1-3H3. The van der Waals surface area contributed by atoms with Crippen LogP contribution >= 0.6 is 0 Å². The Morgan fingerprint density at radius 3 is 2.24 bits per heavy atom. The van der Waals surface area contributed by atoms with Crippen LogP contribution in [0.1, 0.15) is 51.3 Å². The molecule has 0 spiro atoms. The number of aryl methyl sites for hydroxylation is 1. The molecule has 3 heterocycles. The number of rotatable bonds is 6. The van der Waals surface area contributed by atoms with E-state index in [1.54, 1.807) is 32.9 Å². The summed E-state index contributed by atoms with van der Waals surface area (Å²) in [6.45, 7) is 4.84. The minimum Gasteiger partial charge on any atom is -0.462 e. The average Bonchev–Trinajstić information content (AvgIpc) is 3.26. The molecule has 0 unspecified atom stereocenters. The summed E-state index contributed by atoms with van der Waals surface area (Å²) in [5.41, 5.74) is -0.318. The first-order valence-electron chi connectivity index (χ1n) is 10.6. The van der Waals surface area contributed by atoms with Gasteiger partial charge >= 0.3 is 18.1 Å². The highest BCUT2D eigenvalue weighted by Gasteiger charge is 2.34. The summed E-state index contributed by atoms with van der Waals surface area (Å²) in [6.07, 6.45) is -4.53. The lowest BCUT2D eigenvalue weighted by Crippen LogP contribution is -2.20. The fraction of sp³-hybridized carbons (Fsp3) is 0.292. The third-order valence-corrected chi connectivity index (χ3v) is 5.52. The van der Waals surface area contributed by atoms with E-state index < -0.39 is 29.2 Å². The van der Waals surface area contributed by atoms with Gasteiger partial charge in [-0.1, -0.05) is 18.2 Å². The lowest BCUT2D eigenvalue weighted by molar-refractivity contribution is -0.137. The zero-order valence-electron chi connectivity index (χ0n) is 18.7. The van der Waals surface area contributed by atoms with Crippen molar-refractivity contribution >= 4 is 28.6 Å². The Morgan fingerprint density at radius 1 is 0.971 bits per heavy atom. The van der Waals surface area contributed by atoms with Crippen LogP contribution in [0.4, 0.5) is 13.2 Å². The van der Waals surface area contributed by atoms with Gasteiger partial charge in [0.15, 0.2) is 0 Å². The number of alkyl halides is 3. The van der Waals surface area contributed by atoms with Gasteiger partial charge in [-0.15, -0.1) is 0 Å². The molecule has 34 heavy (non-hydrogen) atoms. The van der Waals surface area contributed by atoms with E-state index in [0.29, 0.717) is 11.2 Å². The molecule has 0 saturated heterocycles. The van der Waals surface area contributed by atoms with Crippen molar-refractivity contribution in [2.75, 3.05) is 13.2 Å². The Bertz CT molecular complexity index is 1470. The average molecular weight is 474 g/mol. The first-order chi connectivity index (χ1) is 16.1. The van der Waals surface area contributed by atoms with Gasteiger partial charge in [0.2, 0.25) is 0 Å². The van der Waals surface area contributed by atoms with Crippen molar-refractivity contribution < 1.29 is 32.2 Å². The van der Waals surface area contributed by atoms with E-state index in [1.807, 2.05) is 0 Å². The molecule has 0 bridgehead atoms. The quantitative estimate of drug-likeness (QED) is 0.387. The second-order valence-electron chi connectivity index (χ2n) is 7.69. The van der Waals surface area contributed by atoms with Gasteiger partial charge in [0.05, 0.1) is 30.8 Å². The maximum absolute atomic E-state index is 13.6. The normalized spacial score (nSPS) is 11.9. The van der Waals surface area contributed by atoms with Gasteiger partial charge in [-0.3, -0.25) is 13.8 Å². The molecule has 3 aromatic heterocycles. The van der Waals surface area contributed by atoms with E-state index in [4.69, 9.17) is 9.47 Å². The molecule has 0 radical (unpaired) electrons. The molecule has 10 heteroatoms. The van der Waals surface area contributed by atoms with Crippen LogP contribution in [0, 0.1) is 6.92 Å². The van der Waals surface area contributed by atoms with E-state index in [0.717, 1.165) is 12.1 Å². The van der Waals surface area contributed by atoms with Gasteiger partial charge in [-0.25, -0.2) is 9.59 Å². The van der Waals surface area contributed by atoms with E-state index in [2.05, 4.69) is 0 Å². The predicted molar refractivity (Wildman–Crippen MR) is 118 cm³/mol. The monoisotopic (exact) mass is 474 g/mol. The zero-order chi connectivity index (χ0) is 24.8. The molecule has 7 nitrogen and oxygen atoms in total. The number of carbonyl (C=O) groups excluding carboxylic acids is 2. The van der Waals surface area contributed by atoms with Crippen molar-refractivity contribution in [3.05, 3.63) is 74.6 Å².